The second-order valence-corrected chi connectivity index (χ2v) is 8.71. The minimum atomic E-state index is -0.161. The van der Waals surface area contributed by atoms with E-state index in [0.29, 0.717) is 36.1 Å². The highest BCUT2D eigenvalue weighted by Crippen LogP contribution is 2.32. The summed E-state index contributed by atoms with van der Waals surface area (Å²) in [5.41, 5.74) is 5.79. The maximum Gasteiger partial charge on any atom is 0.257 e. The van der Waals surface area contributed by atoms with Crippen LogP contribution in [0.4, 0.5) is 5.69 Å². The first-order chi connectivity index (χ1) is 18.1. The normalized spacial score (nSPS) is 10.9. The lowest BCUT2D eigenvalue weighted by molar-refractivity contribution is -0.116. The van der Waals surface area contributed by atoms with Crippen LogP contribution >= 0.6 is 0 Å². The molecule has 0 unspecified atom stereocenters. The first-order valence-electron chi connectivity index (χ1n) is 12.0. The summed E-state index contributed by atoms with van der Waals surface area (Å²) in [5, 5.41) is 16.1. The first kappa shape index (κ1) is 24.0. The predicted octanol–water partition coefficient (Wildman–Crippen LogP) is 5.08. The van der Waals surface area contributed by atoms with Gasteiger partial charge in [-0.25, -0.2) is 4.98 Å². The maximum atomic E-state index is 12.4. The molecule has 0 saturated carbocycles. The van der Waals surface area contributed by atoms with Crippen LogP contribution in [0.25, 0.3) is 33.3 Å². The number of hydrogen-bond donors (Lipinski definition) is 4. The lowest BCUT2D eigenvalue weighted by Crippen LogP contribution is -2.21. The van der Waals surface area contributed by atoms with E-state index in [2.05, 4.69) is 15.6 Å². The summed E-state index contributed by atoms with van der Waals surface area (Å²) in [6.07, 6.45) is 1.93. The van der Waals surface area contributed by atoms with Crippen molar-refractivity contribution < 1.29 is 9.90 Å². The molecule has 1 amide bonds. The van der Waals surface area contributed by atoms with Crippen LogP contribution in [0, 0.1) is 0 Å². The van der Waals surface area contributed by atoms with Crippen molar-refractivity contribution in [2.24, 2.45) is 0 Å². The van der Waals surface area contributed by atoms with Gasteiger partial charge in [0.15, 0.2) is 0 Å². The van der Waals surface area contributed by atoms with Gasteiger partial charge in [-0.1, -0.05) is 60.7 Å². The van der Waals surface area contributed by atoms with Crippen molar-refractivity contribution in [3.8, 4) is 28.1 Å². The van der Waals surface area contributed by atoms with Crippen LogP contribution in [0.15, 0.2) is 102 Å². The standard InChI is InChI=1S/C30H26N4O3/c35-24-8-4-7-23(17-24)33-28(36)14-15-31-19-20-9-11-22(12-10-20)29-25(21-5-2-1-3-6-21)18-26-27(34-29)13-16-32-30(26)37/h1-13,16-18,31,35H,14-15,19H2,(H,32,37)(H,33,36). The van der Waals surface area contributed by atoms with E-state index in [9.17, 15) is 14.7 Å². The molecule has 0 aliphatic carbocycles. The second-order valence-electron chi connectivity index (χ2n) is 8.71. The molecular formula is C30H26N4O3. The van der Waals surface area contributed by atoms with Crippen molar-refractivity contribution in [1.29, 1.82) is 0 Å². The van der Waals surface area contributed by atoms with Gasteiger partial charge >= 0.3 is 0 Å². The quantitative estimate of drug-likeness (QED) is 0.227. The van der Waals surface area contributed by atoms with Gasteiger partial charge in [-0.3, -0.25) is 9.59 Å². The Morgan fingerprint density at radius 3 is 2.49 bits per heavy atom. The molecule has 3 aromatic carbocycles. The Labute approximate surface area is 213 Å². The molecule has 4 N–H and O–H groups in total. The number of nitrogens with zero attached hydrogens (tertiary/aromatic N) is 1. The Morgan fingerprint density at radius 1 is 0.892 bits per heavy atom. The topological polar surface area (TPSA) is 107 Å². The summed E-state index contributed by atoms with van der Waals surface area (Å²) < 4.78 is 0. The summed E-state index contributed by atoms with van der Waals surface area (Å²) >= 11 is 0. The number of phenolic OH excluding ortho intramolecular Hbond substituents is 1. The zero-order valence-electron chi connectivity index (χ0n) is 20.1. The molecule has 37 heavy (non-hydrogen) atoms. The third-order valence-electron chi connectivity index (χ3n) is 6.05. The van der Waals surface area contributed by atoms with Crippen LogP contribution in [0.2, 0.25) is 0 Å². The Kier molecular flexibility index (Phi) is 7.05. The maximum absolute atomic E-state index is 12.4. The number of nitrogens with one attached hydrogen (secondary N) is 3. The number of amides is 1. The minimum Gasteiger partial charge on any atom is -0.508 e. The fourth-order valence-corrected chi connectivity index (χ4v) is 4.19. The van der Waals surface area contributed by atoms with Gasteiger partial charge in [-0.2, -0.15) is 0 Å². The number of hydrogen-bond acceptors (Lipinski definition) is 5. The molecule has 2 aromatic heterocycles. The van der Waals surface area contributed by atoms with Crippen LogP contribution in [-0.2, 0) is 11.3 Å². The average Bonchev–Trinajstić information content (AvgIpc) is 2.92. The molecular weight excluding hydrogens is 464 g/mol. The Hall–Kier alpha value is -4.75. The fourth-order valence-electron chi connectivity index (χ4n) is 4.19. The number of rotatable bonds is 8. The molecule has 0 atom stereocenters. The van der Waals surface area contributed by atoms with Crippen LogP contribution < -0.4 is 16.2 Å². The third kappa shape index (κ3) is 5.74. The van der Waals surface area contributed by atoms with Crippen molar-refractivity contribution in [3.05, 3.63) is 113 Å². The zero-order valence-corrected chi connectivity index (χ0v) is 20.1. The molecule has 0 saturated heterocycles. The molecule has 7 nitrogen and oxygen atoms in total. The van der Waals surface area contributed by atoms with Crippen LogP contribution in [0.3, 0.4) is 0 Å². The monoisotopic (exact) mass is 490 g/mol. The molecule has 2 heterocycles. The highest BCUT2D eigenvalue weighted by molar-refractivity contribution is 5.91. The van der Waals surface area contributed by atoms with Gasteiger partial charge in [-0.15, -0.1) is 0 Å². The number of phenols is 1. The molecule has 0 spiro atoms. The largest absolute Gasteiger partial charge is 0.508 e. The molecule has 0 aliphatic heterocycles. The molecule has 7 heteroatoms. The lowest BCUT2D eigenvalue weighted by Gasteiger charge is -2.12. The van der Waals surface area contributed by atoms with Crippen LogP contribution in [0.1, 0.15) is 12.0 Å². The van der Waals surface area contributed by atoms with Crippen molar-refractivity contribution in [1.82, 2.24) is 15.3 Å². The molecule has 0 aliphatic rings. The number of H-pyrrole nitrogens is 1. The second kappa shape index (κ2) is 10.9. The number of carbonyl (C=O) groups is 1. The Morgan fingerprint density at radius 2 is 1.70 bits per heavy atom. The van der Waals surface area contributed by atoms with Gasteiger partial charge in [0.1, 0.15) is 5.75 Å². The van der Waals surface area contributed by atoms with E-state index in [-0.39, 0.29) is 17.2 Å². The predicted molar refractivity (Wildman–Crippen MR) is 146 cm³/mol. The molecule has 5 aromatic rings. The number of anilines is 1. The highest BCUT2D eigenvalue weighted by atomic mass is 16.3. The van der Waals surface area contributed by atoms with E-state index in [0.717, 1.165) is 27.9 Å². The number of aromatic hydroxyl groups is 1. The molecule has 0 fully saturated rings. The molecule has 184 valence electrons. The fraction of sp³-hybridized carbons (Fsp3) is 0.100. The molecule has 0 bridgehead atoms. The van der Waals surface area contributed by atoms with E-state index >= 15 is 0 Å². The van der Waals surface area contributed by atoms with E-state index < -0.39 is 0 Å². The first-order valence-corrected chi connectivity index (χ1v) is 12.0. The minimum absolute atomic E-state index is 0.114. The van der Waals surface area contributed by atoms with E-state index in [1.165, 1.54) is 6.07 Å². The van der Waals surface area contributed by atoms with Crippen LogP contribution in [-0.4, -0.2) is 27.5 Å². The van der Waals surface area contributed by atoms with Crippen molar-refractivity contribution in [2.45, 2.75) is 13.0 Å². The van der Waals surface area contributed by atoms with Gasteiger partial charge in [0.05, 0.1) is 16.6 Å². The number of fused-ring (bicyclic) bond motifs is 1. The average molecular weight is 491 g/mol. The van der Waals surface area contributed by atoms with Crippen LogP contribution in [0.5, 0.6) is 5.75 Å². The Balaban J connectivity index is 1.27. The van der Waals surface area contributed by atoms with E-state index in [1.54, 1.807) is 24.4 Å². The van der Waals surface area contributed by atoms with Gasteiger partial charge in [0.2, 0.25) is 5.91 Å². The molecule has 0 radical (unpaired) electrons. The van der Waals surface area contributed by atoms with E-state index in [4.69, 9.17) is 4.98 Å². The number of aromatic amines is 1. The number of pyridine rings is 2. The SMILES string of the molecule is O=C(CCNCc1ccc(-c2nc3cc[nH]c(=O)c3cc2-c2ccccc2)cc1)Nc1cccc(O)c1. The summed E-state index contributed by atoms with van der Waals surface area (Å²) in [6.45, 7) is 1.14. The van der Waals surface area contributed by atoms with Gasteiger partial charge < -0.3 is 20.7 Å². The van der Waals surface area contributed by atoms with Gasteiger partial charge in [-0.05, 0) is 35.4 Å². The summed E-state index contributed by atoms with van der Waals surface area (Å²) in [5.74, 6) is -0.00841. The van der Waals surface area contributed by atoms with Gasteiger partial charge in [0, 0.05) is 48.6 Å². The van der Waals surface area contributed by atoms with Crippen molar-refractivity contribution in [3.63, 3.8) is 0 Å². The summed E-state index contributed by atoms with van der Waals surface area (Å²) in [4.78, 5) is 32.1. The number of carbonyl (C=O) groups excluding carboxylic acids is 1. The Bertz CT molecular complexity index is 1600. The number of aromatic nitrogens is 2. The summed E-state index contributed by atoms with van der Waals surface area (Å²) in [7, 11) is 0. The lowest BCUT2D eigenvalue weighted by atomic mass is 9.97. The van der Waals surface area contributed by atoms with Crippen molar-refractivity contribution >= 4 is 22.5 Å². The zero-order chi connectivity index (χ0) is 25.6. The third-order valence-corrected chi connectivity index (χ3v) is 6.05. The van der Waals surface area contributed by atoms with Gasteiger partial charge in [0.25, 0.3) is 5.56 Å². The smallest absolute Gasteiger partial charge is 0.257 e. The summed E-state index contributed by atoms with van der Waals surface area (Å²) in [6, 6.07) is 28.3. The van der Waals surface area contributed by atoms with E-state index in [1.807, 2.05) is 66.7 Å². The highest BCUT2D eigenvalue weighted by Gasteiger charge is 2.13. The number of benzene rings is 3. The van der Waals surface area contributed by atoms with Crippen molar-refractivity contribution in [2.75, 3.05) is 11.9 Å². The molecule has 5 rings (SSSR count).